The summed E-state index contributed by atoms with van der Waals surface area (Å²) < 4.78 is 4.09. The fourth-order valence-corrected chi connectivity index (χ4v) is 9.05. The van der Waals surface area contributed by atoms with E-state index in [1.165, 1.54) is 19.0 Å². The molecule has 0 radical (unpaired) electrons. The van der Waals surface area contributed by atoms with Gasteiger partial charge in [0.2, 0.25) is 11.8 Å². The average molecular weight is 826 g/mol. The Morgan fingerprint density at radius 2 is 1.16 bits per heavy atom. The summed E-state index contributed by atoms with van der Waals surface area (Å²) in [7, 11) is 3.02. The first-order chi connectivity index (χ1) is 29.4. The second-order valence-electron chi connectivity index (χ2n) is 15.5. The fourth-order valence-electron chi connectivity index (χ4n) is 9.05. The molecular formula is C43H39N9O9. The molecule has 10 rings (SSSR count). The number of phenolic OH excluding ortho intramolecular Hbond substituents is 1. The van der Waals surface area contributed by atoms with E-state index in [1.54, 1.807) is 87.6 Å². The molecule has 61 heavy (non-hydrogen) atoms. The quantitative estimate of drug-likeness (QED) is 0.121. The molecule has 0 aliphatic carbocycles. The number of amides is 8. The van der Waals surface area contributed by atoms with Crippen LogP contribution < -0.4 is 11.0 Å². The smallest absolute Gasteiger partial charge is 0.326 e. The predicted molar refractivity (Wildman–Crippen MR) is 216 cm³/mol. The first kappa shape index (κ1) is 38.9. The lowest BCUT2D eigenvalue weighted by molar-refractivity contribution is -0.133. The van der Waals surface area contributed by atoms with Crippen LogP contribution in [-0.4, -0.2) is 112 Å². The summed E-state index contributed by atoms with van der Waals surface area (Å²) in [4.78, 5) is 84.2. The van der Waals surface area contributed by atoms with E-state index in [9.17, 15) is 33.9 Å². The standard InChI is InChI=1S/C22H20N4O5.C21H19N5O4/c1-24-21(29)16-10-25(22(24)30)11-18-19(16)15-8-14(27)6-7-17(15)26(18)9-12-2-4-13(5-3-12)20(28)23-31;1-24-20(28)15-10-25(21(24)29)11-16-17(15)14-3-2-8-22-18(14)26(16)9-12-4-6-13(7-5-12)19(27)23-30/h2-8,16,27,31H,9-11H2,1H3,(H,23,28);2-8,15,30H,9-11H2,1H3,(H,23,27). The number of hydrogen-bond acceptors (Lipinski definition) is 10. The molecule has 3 aromatic carbocycles. The van der Waals surface area contributed by atoms with E-state index in [4.69, 9.17) is 10.4 Å². The van der Waals surface area contributed by atoms with Crippen LogP contribution in [0.3, 0.4) is 0 Å². The summed E-state index contributed by atoms with van der Waals surface area (Å²) in [6.07, 6.45) is 1.71. The van der Waals surface area contributed by atoms with Gasteiger partial charge in [-0.25, -0.2) is 25.5 Å². The van der Waals surface area contributed by atoms with E-state index < -0.39 is 23.7 Å². The van der Waals surface area contributed by atoms with Crippen LogP contribution in [0, 0.1) is 0 Å². The minimum Gasteiger partial charge on any atom is -0.508 e. The zero-order valence-electron chi connectivity index (χ0n) is 32.9. The number of hydroxylamine groups is 2. The number of hydrogen-bond donors (Lipinski definition) is 5. The molecule has 4 aliphatic rings. The van der Waals surface area contributed by atoms with Gasteiger partial charge in [-0.3, -0.25) is 39.4 Å². The number of aromatic hydroxyl groups is 1. The number of fused-ring (bicyclic) bond motifs is 12. The van der Waals surface area contributed by atoms with E-state index in [-0.39, 0.29) is 29.6 Å². The van der Waals surface area contributed by atoms with E-state index in [1.807, 2.05) is 22.8 Å². The Morgan fingerprint density at radius 3 is 1.69 bits per heavy atom. The number of urea groups is 2. The summed E-state index contributed by atoms with van der Waals surface area (Å²) in [6, 6.07) is 22.0. The summed E-state index contributed by atoms with van der Waals surface area (Å²) in [6.45, 7) is 2.41. The van der Waals surface area contributed by atoms with Crippen LogP contribution in [0.1, 0.15) is 66.2 Å². The zero-order chi connectivity index (χ0) is 42.9. The number of nitrogens with zero attached hydrogens (tertiary/aromatic N) is 7. The highest BCUT2D eigenvalue weighted by atomic mass is 16.5. The monoisotopic (exact) mass is 825 g/mol. The molecule has 18 heteroatoms. The van der Waals surface area contributed by atoms with Crippen LogP contribution in [-0.2, 0) is 35.8 Å². The van der Waals surface area contributed by atoms with Crippen molar-refractivity contribution in [3.05, 3.63) is 130 Å². The van der Waals surface area contributed by atoms with Crippen molar-refractivity contribution in [1.29, 1.82) is 0 Å². The third-order valence-electron chi connectivity index (χ3n) is 12.0. The van der Waals surface area contributed by atoms with Crippen molar-refractivity contribution in [2.45, 2.75) is 38.0 Å². The van der Waals surface area contributed by atoms with E-state index in [0.717, 1.165) is 60.5 Å². The maximum Gasteiger partial charge on any atom is 0.326 e. The van der Waals surface area contributed by atoms with Crippen molar-refractivity contribution >= 4 is 57.6 Å². The Morgan fingerprint density at radius 1 is 0.672 bits per heavy atom. The van der Waals surface area contributed by atoms with Crippen molar-refractivity contribution in [3.8, 4) is 5.75 Å². The van der Waals surface area contributed by atoms with Crippen molar-refractivity contribution in [2.75, 3.05) is 27.2 Å². The maximum atomic E-state index is 12.9. The Labute approximate surface area is 346 Å². The number of benzene rings is 3. The number of phenols is 1. The summed E-state index contributed by atoms with van der Waals surface area (Å²) in [5.74, 6) is -2.38. The van der Waals surface area contributed by atoms with Crippen LogP contribution in [0.15, 0.2) is 85.1 Å². The first-order valence-electron chi connectivity index (χ1n) is 19.4. The first-order valence-corrected chi connectivity index (χ1v) is 19.4. The van der Waals surface area contributed by atoms with Crippen molar-refractivity contribution in [3.63, 3.8) is 0 Å². The molecule has 0 spiro atoms. The van der Waals surface area contributed by atoms with Gasteiger partial charge in [0.05, 0.1) is 24.9 Å². The fraction of sp³-hybridized carbons (Fsp3) is 0.233. The second kappa shape index (κ2) is 14.9. The molecule has 3 aromatic heterocycles. The number of carbonyl (C=O) groups is 6. The number of pyridine rings is 1. The number of likely N-dealkylation sites (N-methyl/N-ethyl adjacent to an activating group) is 2. The highest BCUT2D eigenvalue weighted by Crippen LogP contribution is 2.42. The normalized spacial score (nSPS) is 17.9. The largest absolute Gasteiger partial charge is 0.508 e. The van der Waals surface area contributed by atoms with Crippen molar-refractivity contribution < 1.29 is 44.3 Å². The van der Waals surface area contributed by atoms with E-state index in [0.29, 0.717) is 50.4 Å². The number of carbonyl (C=O) groups excluding carboxylic acids is 6. The van der Waals surface area contributed by atoms with Gasteiger partial charge >= 0.3 is 12.1 Å². The maximum absolute atomic E-state index is 12.9. The molecule has 4 bridgehead atoms. The summed E-state index contributed by atoms with van der Waals surface area (Å²) >= 11 is 0. The van der Waals surface area contributed by atoms with Gasteiger partial charge in [0, 0.05) is 85.3 Å². The van der Waals surface area contributed by atoms with Crippen molar-refractivity contribution in [1.82, 2.24) is 44.7 Å². The molecule has 4 aliphatic heterocycles. The van der Waals surface area contributed by atoms with Crippen molar-refractivity contribution in [2.24, 2.45) is 0 Å². The molecular weight excluding hydrogens is 787 g/mol. The number of imide groups is 2. The molecule has 2 unspecified atom stereocenters. The Bertz CT molecular complexity index is 2830. The predicted octanol–water partition coefficient (Wildman–Crippen LogP) is 3.70. The molecule has 18 nitrogen and oxygen atoms in total. The van der Waals surface area contributed by atoms with Gasteiger partial charge in [0.25, 0.3) is 11.8 Å². The topological polar surface area (TPSA) is 223 Å². The van der Waals surface area contributed by atoms with Crippen LogP contribution in [0.4, 0.5) is 9.59 Å². The summed E-state index contributed by atoms with van der Waals surface area (Å²) in [5.41, 5.74) is 10.9. The Hall–Kier alpha value is -7.57. The lowest BCUT2D eigenvalue weighted by Gasteiger charge is -2.41. The number of aromatic nitrogens is 3. The minimum atomic E-state index is -0.590. The molecule has 310 valence electrons. The number of nitrogens with one attached hydrogen (secondary N) is 2. The van der Waals surface area contributed by atoms with Crippen LogP contribution in [0.25, 0.3) is 21.9 Å². The van der Waals surface area contributed by atoms with Crippen LogP contribution in [0.2, 0.25) is 0 Å². The highest BCUT2D eigenvalue weighted by Gasteiger charge is 2.46. The lowest BCUT2D eigenvalue weighted by Crippen LogP contribution is -2.56. The van der Waals surface area contributed by atoms with Crippen LogP contribution in [0.5, 0.6) is 5.75 Å². The average Bonchev–Trinajstić information content (AvgIpc) is 3.76. The van der Waals surface area contributed by atoms with Gasteiger partial charge in [-0.1, -0.05) is 24.3 Å². The zero-order valence-corrected chi connectivity index (χ0v) is 32.9. The molecule has 2 saturated heterocycles. The Kier molecular flexibility index (Phi) is 9.52. The van der Waals surface area contributed by atoms with Gasteiger partial charge in [0.15, 0.2) is 0 Å². The van der Waals surface area contributed by atoms with E-state index >= 15 is 0 Å². The summed E-state index contributed by atoms with van der Waals surface area (Å²) in [5, 5.41) is 29.4. The van der Waals surface area contributed by atoms with E-state index in [2.05, 4.69) is 9.55 Å². The molecule has 0 saturated carbocycles. The highest BCUT2D eigenvalue weighted by molar-refractivity contribution is 6.05. The van der Waals surface area contributed by atoms with Gasteiger partial charge in [0.1, 0.15) is 11.4 Å². The molecule has 7 heterocycles. The molecule has 8 amide bonds. The van der Waals surface area contributed by atoms with Crippen LogP contribution >= 0.6 is 0 Å². The Balaban J connectivity index is 0.000000156. The third-order valence-corrected chi connectivity index (χ3v) is 12.0. The second-order valence-corrected chi connectivity index (χ2v) is 15.5. The lowest BCUT2D eigenvalue weighted by atomic mass is 9.89. The van der Waals surface area contributed by atoms with Gasteiger partial charge < -0.3 is 24.0 Å². The van der Waals surface area contributed by atoms with Gasteiger partial charge in [-0.15, -0.1) is 0 Å². The molecule has 5 N–H and O–H groups in total. The molecule has 2 atom stereocenters. The van der Waals surface area contributed by atoms with Gasteiger partial charge in [-0.05, 0) is 76.9 Å². The minimum absolute atomic E-state index is 0.113. The molecule has 2 fully saturated rings. The van der Waals surface area contributed by atoms with Gasteiger partial charge in [-0.2, -0.15) is 0 Å². The molecule has 6 aromatic rings. The SMILES string of the molecule is CN1C(=O)C2CN(Cc3c2c2cc(O)ccc2n3Cc2ccc(C(=O)NO)cc2)C1=O.CN1C(=O)C2CN(Cc3c2c2cccnc2n3Cc2ccc(C(=O)NO)cc2)C1=O. The third kappa shape index (κ3) is 6.39. The number of rotatable bonds is 6.